The van der Waals surface area contributed by atoms with E-state index in [0.29, 0.717) is 18.1 Å². The molecule has 1 unspecified atom stereocenters. The summed E-state index contributed by atoms with van der Waals surface area (Å²) in [5.74, 6) is 0.300. The SMILES string of the molecule is O=C(CO)N1CC(Cc2ccc(Cl)cc2)(C(=O)NC2COc3ccccc32)C1. The van der Waals surface area contributed by atoms with Gasteiger partial charge in [-0.15, -0.1) is 0 Å². The summed E-state index contributed by atoms with van der Waals surface area (Å²) < 4.78 is 5.66. The molecule has 6 nitrogen and oxygen atoms in total. The number of benzene rings is 2. The number of nitrogens with one attached hydrogen (secondary N) is 1. The third-order valence-electron chi connectivity index (χ3n) is 5.42. The fourth-order valence-electron chi connectivity index (χ4n) is 3.88. The van der Waals surface area contributed by atoms with Gasteiger partial charge in [0.25, 0.3) is 0 Å². The number of hydrogen-bond donors (Lipinski definition) is 2. The monoisotopic (exact) mass is 400 g/mol. The van der Waals surface area contributed by atoms with Gasteiger partial charge in [0, 0.05) is 23.7 Å². The third kappa shape index (κ3) is 3.45. The Kier molecular flexibility index (Phi) is 5.00. The molecule has 2 aliphatic heterocycles. The number of ether oxygens (including phenoxy) is 1. The van der Waals surface area contributed by atoms with E-state index in [1.54, 1.807) is 12.1 Å². The van der Waals surface area contributed by atoms with E-state index in [-0.39, 0.29) is 30.9 Å². The number of halogens is 1. The lowest BCUT2D eigenvalue weighted by Gasteiger charge is -2.49. The summed E-state index contributed by atoms with van der Waals surface area (Å²) in [5, 5.41) is 12.8. The topological polar surface area (TPSA) is 78.9 Å². The molecule has 2 aromatic carbocycles. The largest absolute Gasteiger partial charge is 0.491 e. The molecule has 2 amide bonds. The number of para-hydroxylation sites is 1. The van der Waals surface area contributed by atoms with Gasteiger partial charge in [-0.1, -0.05) is 41.9 Å². The van der Waals surface area contributed by atoms with Gasteiger partial charge in [-0.25, -0.2) is 0 Å². The molecule has 2 aromatic rings. The minimum absolute atomic E-state index is 0.116. The van der Waals surface area contributed by atoms with E-state index in [1.807, 2.05) is 36.4 Å². The fraction of sp³-hybridized carbons (Fsp3) is 0.333. The highest BCUT2D eigenvalue weighted by atomic mass is 35.5. The molecule has 0 spiro atoms. The number of aliphatic hydroxyl groups excluding tert-OH is 1. The second-order valence-corrected chi connectivity index (χ2v) is 7.80. The minimum atomic E-state index is -0.740. The van der Waals surface area contributed by atoms with Crippen LogP contribution >= 0.6 is 11.6 Å². The van der Waals surface area contributed by atoms with Gasteiger partial charge in [0.1, 0.15) is 19.0 Å². The number of aliphatic hydroxyl groups is 1. The van der Waals surface area contributed by atoms with Gasteiger partial charge in [-0.2, -0.15) is 0 Å². The molecule has 0 saturated carbocycles. The van der Waals surface area contributed by atoms with Crippen LogP contribution in [-0.2, 0) is 16.0 Å². The van der Waals surface area contributed by atoms with Crippen LogP contribution in [0.5, 0.6) is 5.75 Å². The van der Waals surface area contributed by atoms with E-state index in [4.69, 9.17) is 21.4 Å². The summed E-state index contributed by atoms with van der Waals surface area (Å²) in [6, 6.07) is 14.8. The molecule has 1 saturated heterocycles. The number of rotatable bonds is 5. The van der Waals surface area contributed by atoms with E-state index in [9.17, 15) is 9.59 Å². The van der Waals surface area contributed by atoms with Gasteiger partial charge >= 0.3 is 0 Å². The number of likely N-dealkylation sites (tertiary alicyclic amines) is 1. The highest BCUT2D eigenvalue weighted by Crippen LogP contribution is 2.37. The van der Waals surface area contributed by atoms with Crippen LogP contribution in [0, 0.1) is 5.41 Å². The Morgan fingerprint density at radius 2 is 1.89 bits per heavy atom. The molecule has 0 aromatic heterocycles. The van der Waals surface area contributed by atoms with Crippen molar-refractivity contribution in [2.24, 2.45) is 5.41 Å². The molecule has 28 heavy (non-hydrogen) atoms. The molecule has 146 valence electrons. The molecule has 0 bridgehead atoms. The Bertz CT molecular complexity index is 894. The van der Waals surface area contributed by atoms with Crippen molar-refractivity contribution >= 4 is 23.4 Å². The molecule has 2 N–H and O–H groups in total. The lowest BCUT2D eigenvalue weighted by molar-refractivity contribution is -0.156. The predicted molar refractivity (Wildman–Crippen MR) is 104 cm³/mol. The fourth-order valence-corrected chi connectivity index (χ4v) is 4.01. The Morgan fingerprint density at radius 1 is 1.18 bits per heavy atom. The van der Waals surface area contributed by atoms with Crippen LogP contribution in [0.15, 0.2) is 48.5 Å². The molecule has 1 atom stereocenters. The zero-order chi connectivity index (χ0) is 19.7. The number of amides is 2. The molecule has 2 aliphatic rings. The van der Waals surface area contributed by atoms with Gasteiger partial charge in [-0.3, -0.25) is 9.59 Å². The predicted octanol–water partition coefficient (Wildman–Crippen LogP) is 1.95. The standard InChI is InChI=1S/C21H21ClN2O4/c22-15-7-5-14(6-8-15)9-21(12-24(13-21)19(26)10-25)20(27)23-17-11-28-18-4-2-1-3-16(17)18/h1-8,17,25H,9-13H2,(H,23,27). The van der Waals surface area contributed by atoms with Crippen molar-refractivity contribution in [3.05, 3.63) is 64.7 Å². The number of carbonyl (C=O) groups excluding carboxylic acids is 2. The van der Waals surface area contributed by atoms with Crippen molar-refractivity contribution in [3.8, 4) is 5.75 Å². The van der Waals surface area contributed by atoms with Crippen molar-refractivity contribution in [2.75, 3.05) is 26.3 Å². The van der Waals surface area contributed by atoms with E-state index in [0.717, 1.165) is 16.9 Å². The number of fused-ring (bicyclic) bond motifs is 1. The van der Waals surface area contributed by atoms with Gasteiger partial charge in [0.2, 0.25) is 11.8 Å². The summed E-state index contributed by atoms with van der Waals surface area (Å²) in [6.07, 6.45) is 0.487. The average Bonchev–Trinajstić information content (AvgIpc) is 3.08. The van der Waals surface area contributed by atoms with Crippen LogP contribution in [0.2, 0.25) is 5.02 Å². The molecule has 0 radical (unpaired) electrons. The van der Waals surface area contributed by atoms with Crippen LogP contribution in [-0.4, -0.2) is 48.1 Å². The highest BCUT2D eigenvalue weighted by Gasteiger charge is 2.51. The van der Waals surface area contributed by atoms with Gasteiger partial charge < -0.3 is 20.1 Å². The first-order valence-corrected chi connectivity index (χ1v) is 9.54. The van der Waals surface area contributed by atoms with Gasteiger partial charge in [-0.05, 0) is 30.2 Å². The van der Waals surface area contributed by atoms with E-state index < -0.39 is 12.0 Å². The normalized spacial score (nSPS) is 19.4. The number of hydrogen-bond acceptors (Lipinski definition) is 4. The summed E-state index contributed by atoms with van der Waals surface area (Å²) in [4.78, 5) is 26.6. The van der Waals surface area contributed by atoms with Crippen molar-refractivity contribution < 1.29 is 19.4 Å². The zero-order valence-electron chi connectivity index (χ0n) is 15.2. The Morgan fingerprint density at radius 3 is 2.61 bits per heavy atom. The van der Waals surface area contributed by atoms with Crippen molar-refractivity contribution in [3.63, 3.8) is 0 Å². The van der Waals surface area contributed by atoms with Crippen molar-refractivity contribution in [2.45, 2.75) is 12.5 Å². The molecular formula is C21H21ClN2O4. The first kappa shape index (κ1) is 18.8. The number of nitrogens with zero attached hydrogens (tertiary/aromatic N) is 1. The smallest absolute Gasteiger partial charge is 0.248 e. The molecule has 2 heterocycles. The second-order valence-electron chi connectivity index (χ2n) is 7.37. The summed E-state index contributed by atoms with van der Waals surface area (Å²) in [5.41, 5.74) is 1.19. The van der Waals surface area contributed by atoms with E-state index in [1.165, 1.54) is 4.90 Å². The maximum atomic E-state index is 13.2. The maximum Gasteiger partial charge on any atom is 0.248 e. The molecular weight excluding hydrogens is 380 g/mol. The van der Waals surface area contributed by atoms with Crippen LogP contribution in [0.25, 0.3) is 0 Å². The first-order valence-electron chi connectivity index (χ1n) is 9.16. The van der Waals surface area contributed by atoms with Gasteiger partial charge in [0.05, 0.1) is 11.5 Å². The summed E-state index contributed by atoms with van der Waals surface area (Å²) in [7, 11) is 0. The minimum Gasteiger partial charge on any atom is -0.491 e. The molecule has 0 aliphatic carbocycles. The third-order valence-corrected chi connectivity index (χ3v) is 5.67. The quantitative estimate of drug-likeness (QED) is 0.804. The van der Waals surface area contributed by atoms with Crippen LogP contribution in [0.3, 0.4) is 0 Å². The van der Waals surface area contributed by atoms with E-state index >= 15 is 0 Å². The first-order chi connectivity index (χ1) is 13.5. The Hall–Kier alpha value is -2.57. The maximum absolute atomic E-state index is 13.2. The number of carbonyl (C=O) groups is 2. The Labute approximate surface area is 168 Å². The van der Waals surface area contributed by atoms with Crippen molar-refractivity contribution in [1.29, 1.82) is 0 Å². The Balaban J connectivity index is 1.53. The molecule has 1 fully saturated rings. The lowest BCUT2D eigenvalue weighted by Crippen LogP contribution is -2.66. The second kappa shape index (κ2) is 7.45. The van der Waals surface area contributed by atoms with Crippen LogP contribution in [0.4, 0.5) is 0 Å². The van der Waals surface area contributed by atoms with E-state index in [2.05, 4.69) is 5.32 Å². The van der Waals surface area contributed by atoms with Crippen LogP contribution in [0.1, 0.15) is 17.2 Å². The molecule has 4 rings (SSSR count). The summed E-state index contributed by atoms with van der Waals surface area (Å²) >= 11 is 5.96. The van der Waals surface area contributed by atoms with Crippen LogP contribution < -0.4 is 10.1 Å². The molecule has 7 heteroatoms. The lowest BCUT2D eigenvalue weighted by atomic mass is 9.73. The van der Waals surface area contributed by atoms with Gasteiger partial charge in [0.15, 0.2) is 0 Å². The van der Waals surface area contributed by atoms with Crippen molar-refractivity contribution in [1.82, 2.24) is 10.2 Å². The zero-order valence-corrected chi connectivity index (χ0v) is 16.0. The highest BCUT2D eigenvalue weighted by molar-refractivity contribution is 6.30. The average molecular weight is 401 g/mol. The summed E-state index contributed by atoms with van der Waals surface area (Å²) in [6.45, 7) is 0.385.